The van der Waals surface area contributed by atoms with Gasteiger partial charge in [0, 0.05) is 17.1 Å². The van der Waals surface area contributed by atoms with E-state index in [-0.39, 0.29) is 0 Å². The molecular formula is C10H12N4. The van der Waals surface area contributed by atoms with Crippen molar-refractivity contribution >= 4 is 11.8 Å². The molecule has 0 amide bonds. The van der Waals surface area contributed by atoms with Gasteiger partial charge in [0.15, 0.2) is 0 Å². The van der Waals surface area contributed by atoms with Crippen LogP contribution >= 0.6 is 0 Å². The fraction of sp³-hybridized carbons (Fsp3) is 0.200. The second-order valence-electron chi connectivity index (χ2n) is 2.88. The summed E-state index contributed by atoms with van der Waals surface area (Å²) in [7, 11) is 0. The van der Waals surface area contributed by atoms with Crippen LogP contribution in [0.4, 0.5) is 5.69 Å². The molecule has 0 aromatic heterocycles. The average molecular weight is 188 g/mol. The molecule has 1 aromatic rings. The summed E-state index contributed by atoms with van der Waals surface area (Å²) in [6.07, 6.45) is 3.71. The molecule has 0 aliphatic carbocycles. The number of anilines is 1. The second-order valence-corrected chi connectivity index (χ2v) is 2.88. The Bertz CT molecular complexity index is 389. The number of azide groups is 1. The molecule has 4 nitrogen and oxygen atoms in total. The van der Waals surface area contributed by atoms with Gasteiger partial charge in [0.25, 0.3) is 0 Å². The van der Waals surface area contributed by atoms with Gasteiger partial charge >= 0.3 is 0 Å². The van der Waals surface area contributed by atoms with Crippen LogP contribution in [0.3, 0.4) is 0 Å². The molecule has 0 unspecified atom stereocenters. The molecule has 0 aliphatic rings. The lowest BCUT2D eigenvalue weighted by molar-refractivity contribution is 1.22. The molecule has 0 spiro atoms. The summed E-state index contributed by atoms with van der Waals surface area (Å²) in [6.45, 7) is 2.33. The van der Waals surface area contributed by atoms with Gasteiger partial charge in [-0.3, -0.25) is 0 Å². The Morgan fingerprint density at radius 2 is 2.36 bits per heavy atom. The summed E-state index contributed by atoms with van der Waals surface area (Å²) in [5.41, 5.74) is 16.7. The van der Waals surface area contributed by atoms with Gasteiger partial charge in [0.05, 0.1) is 0 Å². The molecule has 0 saturated heterocycles. The van der Waals surface area contributed by atoms with Crippen molar-refractivity contribution in [3.63, 3.8) is 0 Å². The quantitative estimate of drug-likeness (QED) is 0.336. The topological polar surface area (TPSA) is 74.8 Å². The molecule has 0 heterocycles. The average Bonchev–Trinajstić information content (AvgIpc) is 2.19. The molecule has 0 bridgehead atoms. The molecule has 1 aromatic carbocycles. The maximum absolute atomic E-state index is 8.07. The van der Waals surface area contributed by atoms with E-state index in [4.69, 9.17) is 11.3 Å². The summed E-state index contributed by atoms with van der Waals surface area (Å²) >= 11 is 0. The monoisotopic (exact) mass is 188 g/mol. The van der Waals surface area contributed by atoms with Crippen molar-refractivity contribution in [1.82, 2.24) is 0 Å². The number of hydrogen-bond donors (Lipinski definition) is 1. The number of hydrogen-bond acceptors (Lipinski definition) is 2. The molecule has 0 fully saturated rings. The predicted molar refractivity (Wildman–Crippen MR) is 58.6 cm³/mol. The predicted octanol–water partition coefficient (Wildman–Crippen LogP) is 2.90. The Morgan fingerprint density at radius 1 is 1.57 bits per heavy atom. The van der Waals surface area contributed by atoms with Gasteiger partial charge in [-0.15, -0.1) is 0 Å². The van der Waals surface area contributed by atoms with Crippen molar-refractivity contribution in [1.29, 1.82) is 0 Å². The third kappa shape index (κ3) is 2.54. The highest BCUT2D eigenvalue weighted by molar-refractivity contribution is 5.62. The van der Waals surface area contributed by atoms with E-state index in [1.807, 2.05) is 37.3 Å². The molecule has 1 rings (SSSR count). The molecule has 72 valence electrons. The summed E-state index contributed by atoms with van der Waals surface area (Å²) in [5.74, 6) is 0. The van der Waals surface area contributed by atoms with Crippen LogP contribution < -0.4 is 5.73 Å². The van der Waals surface area contributed by atoms with Gasteiger partial charge in [-0.05, 0) is 29.6 Å². The third-order valence-corrected chi connectivity index (χ3v) is 1.97. The zero-order valence-electron chi connectivity index (χ0n) is 8.01. The number of rotatable bonds is 3. The van der Waals surface area contributed by atoms with Gasteiger partial charge in [0.1, 0.15) is 0 Å². The van der Waals surface area contributed by atoms with Gasteiger partial charge in [-0.25, -0.2) is 0 Å². The largest absolute Gasteiger partial charge is 0.398 e. The summed E-state index contributed by atoms with van der Waals surface area (Å²) in [5, 5.41) is 3.40. The van der Waals surface area contributed by atoms with E-state index in [1.165, 1.54) is 0 Å². The van der Waals surface area contributed by atoms with Crippen LogP contribution in [0.5, 0.6) is 0 Å². The first-order chi connectivity index (χ1) is 6.75. The Balaban J connectivity index is 2.81. The van der Waals surface area contributed by atoms with Gasteiger partial charge in [-0.2, -0.15) is 0 Å². The Labute approximate surface area is 82.7 Å². The molecule has 2 N–H and O–H groups in total. The number of nitrogens with zero attached hydrogens (tertiary/aromatic N) is 3. The standard InChI is InChI=1S/C10H12N4/c1-8-9(4-2-6-10(8)11)5-3-7-13-14-12/h2-6H,7,11H2,1H3. The highest BCUT2D eigenvalue weighted by atomic mass is 15.1. The first-order valence-corrected chi connectivity index (χ1v) is 4.28. The van der Waals surface area contributed by atoms with E-state index in [9.17, 15) is 0 Å². The van der Waals surface area contributed by atoms with Gasteiger partial charge in [-0.1, -0.05) is 29.4 Å². The Kier molecular flexibility index (Phi) is 3.58. The minimum absolute atomic E-state index is 0.366. The van der Waals surface area contributed by atoms with Crippen molar-refractivity contribution in [2.75, 3.05) is 12.3 Å². The van der Waals surface area contributed by atoms with Crippen LogP contribution in [0.15, 0.2) is 29.4 Å². The number of nitrogens with two attached hydrogens (primary N) is 1. The fourth-order valence-electron chi connectivity index (χ4n) is 1.12. The van der Waals surface area contributed by atoms with Gasteiger partial charge in [0.2, 0.25) is 0 Å². The minimum atomic E-state index is 0.366. The zero-order chi connectivity index (χ0) is 10.4. The van der Waals surface area contributed by atoms with Crippen molar-refractivity contribution in [3.05, 3.63) is 45.8 Å². The SMILES string of the molecule is Cc1c(N)cccc1C=CCN=[N+]=[N-]. The van der Waals surface area contributed by atoms with E-state index in [0.29, 0.717) is 6.54 Å². The summed E-state index contributed by atoms with van der Waals surface area (Å²) in [6, 6.07) is 5.73. The third-order valence-electron chi connectivity index (χ3n) is 1.97. The maximum atomic E-state index is 8.07. The normalized spacial score (nSPS) is 10.1. The van der Waals surface area contributed by atoms with Crippen LogP contribution in [0, 0.1) is 6.92 Å². The van der Waals surface area contributed by atoms with Crippen LogP contribution in [0.2, 0.25) is 0 Å². The molecular weight excluding hydrogens is 176 g/mol. The smallest absolute Gasteiger partial charge is 0.0443 e. The van der Waals surface area contributed by atoms with Crippen molar-refractivity contribution < 1.29 is 0 Å². The summed E-state index contributed by atoms with van der Waals surface area (Å²) in [4.78, 5) is 2.66. The molecule has 0 atom stereocenters. The van der Waals surface area contributed by atoms with E-state index in [0.717, 1.165) is 16.8 Å². The minimum Gasteiger partial charge on any atom is -0.398 e. The van der Waals surface area contributed by atoms with E-state index < -0.39 is 0 Å². The molecule has 4 heteroatoms. The highest BCUT2D eigenvalue weighted by Gasteiger charge is 1.95. The molecule has 0 saturated carbocycles. The van der Waals surface area contributed by atoms with Crippen molar-refractivity contribution in [2.24, 2.45) is 5.11 Å². The lowest BCUT2D eigenvalue weighted by Crippen LogP contribution is -1.90. The Hall–Kier alpha value is -1.93. The van der Waals surface area contributed by atoms with Crippen LogP contribution in [0.25, 0.3) is 16.5 Å². The lowest BCUT2D eigenvalue weighted by Gasteiger charge is -2.02. The van der Waals surface area contributed by atoms with E-state index >= 15 is 0 Å². The van der Waals surface area contributed by atoms with Crippen LogP contribution in [0.1, 0.15) is 11.1 Å². The molecule has 14 heavy (non-hydrogen) atoms. The molecule has 0 aliphatic heterocycles. The van der Waals surface area contributed by atoms with Crippen LogP contribution in [-0.2, 0) is 0 Å². The number of nitrogen functional groups attached to an aromatic ring is 1. The maximum Gasteiger partial charge on any atom is 0.0443 e. The first kappa shape index (κ1) is 10.2. The molecule has 0 radical (unpaired) electrons. The Morgan fingerprint density at radius 3 is 3.07 bits per heavy atom. The zero-order valence-corrected chi connectivity index (χ0v) is 8.01. The lowest BCUT2D eigenvalue weighted by atomic mass is 10.1. The van der Waals surface area contributed by atoms with E-state index in [1.54, 1.807) is 0 Å². The number of benzene rings is 1. The van der Waals surface area contributed by atoms with Crippen molar-refractivity contribution in [3.8, 4) is 0 Å². The van der Waals surface area contributed by atoms with Gasteiger partial charge < -0.3 is 5.73 Å². The highest BCUT2D eigenvalue weighted by Crippen LogP contribution is 2.16. The first-order valence-electron chi connectivity index (χ1n) is 4.28. The summed E-state index contributed by atoms with van der Waals surface area (Å²) < 4.78 is 0. The van der Waals surface area contributed by atoms with Crippen LogP contribution in [-0.4, -0.2) is 6.54 Å². The second kappa shape index (κ2) is 4.94. The van der Waals surface area contributed by atoms with E-state index in [2.05, 4.69) is 10.0 Å². The van der Waals surface area contributed by atoms with Crippen molar-refractivity contribution in [2.45, 2.75) is 6.92 Å². The fourth-order valence-corrected chi connectivity index (χ4v) is 1.12.